The van der Waals surface area contributed by atoms with Crippen LogP contribution in [0.15, 0.2) is 29.2 Å². The summed E-state index contributed by atoms with van der Waals surface area (Å²) >= 11 is 0. The lowest BCUT2D eigenvalue weighted by Gasteiger charge is -2.29. The Kier molecular flexibility index (Phi) is 3.33. The summed E-state index contributed by atoms with van der Waals surface area (Å²) in [6.45, 7) is 4.65. The van der Waals surface area contributed by atoms with Crippen LogP contribution in [-0.2, 0) is 14.4 Å². The average molecular weight is 239 g/mol. The van der Waals surface area contributed by atoms with E-state index < -0.39 is 9.71 Å². The van der Waals surface area contributed by atoms with Crippen LogP contribution in [-0.4, -0.2) is 40.7 Å². The predicted molar refractivity (Wildman–Crippen MR) is 67.1 cm³/mol. The van der Waals surface area contributed by atoms with Crippen molar-refractivity contribution in [2.24, 2.45) is 0 Å². The van der Waals surface area contributed by atoms with Crippen LogP contribution in [0.2, 0.25) is 0 Å². The van der Waals surface area contributed by atoms with E-state index in [1.807, 2.05) is 35.5 Å². The first-order valence-electron chi connectivity index (χ1n) is 5.37. The number of ether oxygens (including phenoxy) is 1. The maximum Gasteiger partial charge on any atom is 0.0604 e. The standard InChI is InChI=1S/C12H17NO2S/c1-11-4-3-5-12(10-11)16(2,14)13-6-8-15-9-7-13/h3-5,10H,2,6-9H2,1H3. The fourth-order valence-corrected chi connectivity index (χ4v) is 3.50. The lowest BCUT2D eigenvalue weighted by Crippen LogP contribution is -2.40. The van der Waals surface area contributed by atoms with Crippen molar-refractivity contribution in [3.63, 3.8) is 0 Å². The molecule has 2 rings (SSSR count). The van der Waals surface area contributed by atoms with Gasteiger partial charge in [0.05, 0.1) is 22.9 Å². The van der Waals surface area contributed by atoms with Crippen molar-refractivity contribution in [1.29, 1.82) is 0 Å². The molecule has 0 bridgehead atoms. The van der Waals surface area contributed by atoms with E-state index in [1.165, 1.54) is 0 Å². The molecule has 1 unspecified atom stereocenters. The van der Waals surface area contributed by atoms with E-state index in [1.54, 1.807) is 0 Å². The fraction of sp³-hybridized carbons (Fsp3) is 0.417. The van der Waals surface area contributed by atoms with Gasteiger partial charge in [-0.1, -0.05) is 12.1 Å². The van der Waals surface area contributed by atoms with Crippen LogP contribution in [0.3, 0.4) is 0 Å². The van der Waals surface area contributed by atoms with Gasteiger partial charge in [0.1, 0.15) is 0 Å². The Balaban J connectivity index is 2.30. The Morgan fingerprint density at radius 1 is 1.38 bits per heavy atom. The highest BCUT2D eigenvalue weighted by Crippen LogP contribution is 2.17. The molecule has 1 heterocycles. The van der Waals surface area contributed by atoms with Crippen LogP contribution >= 0.6 is 0 Å². The summed E-state index contributed by atoms with van der Waals surface area (Å²) in [6, 6.07) is 7.76. The zero-order valence-electron chi connectivity index (χ0n) is 9.52. The molecule has 1 aliphatic rings. The molecule has 1 atom stereocenters. The van der Waals surface area contributed by atoms with Crippen LogP contribution < -0.4 is 0 Å². The number of hydrogen-bond acceptors (Lipinski definition) is 2. The highest BCUT2D eigenvalue weighted by Gasteiger charge is 2.20. The summed E-state index contributed by atoms with van der Waals surface area (Å²) in [4.78, 5) is 0.814. The summed E-state index contributed by atoms with van der Waals surface area (Å²) < 4.78 is 19.8. The Hall–Kier alpha value is -0.840. The topological polar surface area (TPSA) is 29.5 Å². The molecule has 0 radical (unpaired) electrons. The van der Waals surface area contributed by atoms with E-state index in [2.05, 4.69) is 5.87 Å². The molecule has 0 spiro atoms. The molecule has 4 heteroatoms. The van der Waals surface area contributed by atoms with Gasteiger partial charge >= 0.3 is 0 Å². The van der Waals surface area contributed by atoms with Crippen molar-refractivity contribution in [1.82, 2.24) is 4.31 Å². The Morgan fingerprint density at radius 3 is 2.69 bits per heavy atom. The SMILES string of the molecule is C=S(=O)(c1cccc(C)c1)N1CCOCC1. The summed E-state index contributed by atoms with van der Waals surface area (Å²) in [5.41, 5.74) is 1.11. The molecule has 88 valence electrons. The molecule has 3 nitrogen and oxygen atoms in total. The van der Waals surface area contributed by atoms with Crippen molar-refractivity contribution in [3.05, 3.63) is 29.8 Å². The largest absolute Gasteiger partial charge is 0.379 e. The zero-order chi connectivity index (χ0) is 11.6. The van der Waals surface area contributed by atoms with Gasteiger partial charge in [-0.05, 0) is 30.5 Å². The van der Waals surface area contributed by atoms with E-state index in [-0.39, 0.29) is 0 Å². The number of morpholine rings is 1. The van der Waals surface area contributed by atoms with Gasteiger partial charge in [0.15, 0.2) is 0 Å². The first-order chi connectivity index (χ1) is 7.60. The molecule has 0 amide bonds. The summed E-state index contributed by atoms with van der Waals surface area (Å²) in [5.74, 6) is 3.90. The molecule has 16 heavy (non-hydrogen) atoms. The Labute approximate surface area is 97.2 Å². The second kappa shape index (κ2) is 4.57. The second-order valence-electron chi connectivity index (χ2n) is 4.00. The molecule has 0 N–H and O–H groups in total. The monoisotopic (exact) mass is 239 g/mol. The summed E-state index contributed by atoms with van der Waals surface area (Å²) in [7, 11) is -2.33. The highest BCUT2D eigenvalue weighted by molar-refractivity contribution is 7.98. The van der Waals surface area contributed by atoms with E-state index in [0.29, 0.717) is 26.3 Å². The van der Waals surface area contributed by atoms with E-state index in [0.717, 1.165) is 10.5 Å². The van der Waals surface area contributed by atoms with Gasteiger partial charge in [-0.15, -0.1) is 0 Å². The van der Waals surface area contributed by atoms with Crippen LogP contribution in [0.4, 0.5) is 0 Å². The Morgan fingerprint density at radius 2 is 2.06 bits per heavy atom. The van der Waals surface area contributed by atoms with E-state index in [9.17, 15) is 4.21 Å². The third kappa shape index (κ3) is 2.29. The second-order valence-corrected chi connectivity index (χ2v) is 6.27. The number of aryl methyl sites for hydroxylation is 1. The Bertz CT molecular complexity index is 462. The third-order valence-electron chi connectivity index (χ3n) is 2.74. The van der Waals surface area contributed by atoms with Crippen LogP contribution in [0.5, 0.6) is 0 Å². The summed E-state index contributed by atoms with van der Waals surface area (Å²) in [5, 5.41) is 0. The number of nitrogens with zero attached hydrogens (tertiary/aromatic N) is 1. The van der Waals surface area contributed by atoms with Crippen molar-refractivity contribution < 1.29 is 8.95 Å². The minimum absolute atomic E-state index is 0.637. The number of rotatable bonds is 2. The van der Waals surface area contributed by atoms with Crippen LogP contribution in [0.25, 0.3) is 0 Å². The van der Waals surface area contributed by atoms with Gasteiger partial charge < -0.3 is 4.74 Å². The van der Waals surface area contributed by atoms with Gasteiger partial charge in [0.2, 0.25) is 0 Å². The molecule has 0 saturated carbocycles. The molecule has 1 aromatic carbocycles. The van der Waals surface area contributed by atoms with Crippen molar-refractivity contribution in [2.75, 3.05) is 26.3 Å². The van der Waals surface area contributed by atoms with Gasteiger partial charge in [0.25, 0.3) is 0 Å². The van der Waals surface area contributed by atoms with Crippen LogP contribution in [0, 0.1) is 6.92 Å². The maximum atomic E-state index is 12.7. The molecular weight excluding hydrogens is 222 g/mol. The first-order valence-corrected chi connectivity index (χ1v) is 7.06. The third-order valence-corrected chi connectivity index (χ3v) is 4.93. The molecule has 1 fully saturated rings. The van der Waals surface area contributed by atoms with E-state index >= 15 is 0 Å². The van der Waals surface area contributed by atoms with Crippen molar-refractivity contribution in [2.45, 2.75) is 11.8 Å². The summed E-state index contributed by atoms with van der Waals surface area (Å²) in [6.07, 6.45) is 0. The fourth-order valence-electron chi connectivity index (χ4n) is 1.80. The minimum atomic E-state index is -2.33. The molecule has 1 saturated heterocycles. The average Bonchev–Trinajstić information content (AvgIpc) is 2.30. The zero-order valence-corrected chi connectivity index (χ0v) is 10.3. The maximum absolute atomic E-state index is 12.7. The van der Waals surface area contributed by atoms with Crippen molar-refractivity contribution in [3.8, 4) is 0 Å². The van der Waals surface area contributed by atoms with Gasteiger partial charge in [-0.3, -0.25) is 0 Å². The normalized spacial score (nSPS) is 21.6. The molecule has 0 aliphatic carbocycles. The van der Waals surface area contributed by atoms with Gasteiger partial charge in [-0.2, -0.15) is 0 Å². The smallest absolute Gasteiger partial charge is 0.0604 e. The lowest BCUT2D eigenvalue weighted by molar-refractivity contribution is 0.0749. The number of hydrogen-bond donors (Lipinski definition) is 0. The number of benzene rings is 1. The minimum Gasteiger partial charge on any atom is -0.379 e. The van der Waals surface area contributed by atoms with Crippen molar-refractivity contribution >= 4 is 15.6 Å². The molecule has 1 aliphatic heterocycles. The molecule has 0 aromatic heterocycles. The van der Waals surface area contributed by atoms with Gasteiger partial charge in [0, 0.05) is 18.0 Å². The van der Waals surface area contributed by atoms with E-state index in [4.69, 9.17) is 4.74 Å². The lowest BCUT2D eigenvalue weighted by atomic mass is 10.2. The highest BCUT2D eigenvalue weighted by atomic mass is 32.2. The first kappa shape index (κ1) is 11.6. The molecule has 1 aromatic rings. The van der Waals surface area contributed by atoms with Gasteiger partial charge in [-0.25, -0.2) is 8.51 Å². The molecular formula is C12H17NO2S. The quantitative estimate of drug-likeness (QED) is 0.728. The van der Waals surface area contributed by atoms with Crippen LogP contribution in [0.1, 0.15) is 5.56 Å². The predicted octanol–water partition coefficient (Wildman–Crippen LogP) is 1.32.